The molecule has 23 heavy (non-hydrogen) atoms. The summed E-state index contributed by atoms with van der Waals surface area (Å²) in [6, 6.07) is 2.01. The van der Waals surface area contributed by atoms with Crippen molar-refractivity contribution in [2.75, 3.05) is 32.7 Å². The molecule has 0 amide bonds. The SMILES string of the molecule is CCCN1CCC(CNC(=NCc2ccnn2C)NCC)C1.I. The Bertz CT molecular complexity index is 473. The molecule has 0 radical (unpaired) electrons. The van der Waals surface area contributed by atoms with Crippen LogP contribution in [0.5, 0.6) is 0 Å². The quantitative estimate of drug-likeness (QED) is 0.391. The average Bonchev–Trinajstić information content (AvgIpc) is 3.12. The molecule has 132 valence electrons. The van der Waals surface area contributed by atoms with Crippen LogP contribution in [-0.2, 0) is 13.6 Å². The van der Waals surface area contributed by atoms with Gasteiger partial charge in [0.1, 0.15) is 0 Å². The molecule has 1 atom stereocenters. The smallest absolute Gasteiger partial charge is 0.191 e. The lowest BCUT2D eigenvalue weighted by molar-refractivity contribution is 0.324. The van der Waals surface area contributed by atoms with E-state index in [4.69, 9.17) is 0 Å². The lowest BCUT2D eigenvalue weighted by atomic mass is 10.1. The standard InChI is InChI=1S/C16H30N6.HI/c1-4-9-22-10-7-14(13-22)11-18-16(17-5-2)19-12-15-6-8-20-21(15)3;/h6,8,14H,4-5,7,9-13H2,1-3H3,(H2,17,18,19);1H. The molecular formula is C16H31IN6. The number of guanidine groups is 1. The topological polar surface area (TPSA) is 57.5 Å². The Kier molecular flexibility index (Phi) is 9.54. The van der Waals surface area contributed by atoms with Crippen molar-refractivity contribution in [3.8, 4) is 0 Å². The van der Waals surface area contributed by atoms with Crippen molar-refractivity contribution in [1.29, 1.82) is 0 Å². The van der Waals surface area contributed by atoms with Crippen LogP contribution in [0.2, 0.25) is 0 Å². The lowest BCUT2D eigenvalue weighted by Crippen LogP contribution is -2.40. The molecule has 1 aliphatic rings. The monoisotopic (exact) mass is 434 g/mol. The van der Waals surface area contributed by atoms with Gasteiger partial charge in [-0.1, -0.05) is 6.92 Å². The first kappa shape index (κ1) is 20.2. The molecule has 1 aromatic rings. The zero-order valence-corrected chi connectivity index (χ0v) is 16.9. The molecular weight excluding hydrogens is 403 g/mol. The van der Waals surface area contributed by atoms with E-state index < -0.39 is 0 Å². The van der Waals surface area contributed by atoms with Crippen molar-refractivity contribution >= 4 is 29.9 Å². The number of halogens is 1. The van der Waals surface area contributed by atoms with Crippen LogP contribution in [0, 0.1) is 5.92 Å². The van der Waals surface area contributed by atoms with Gasteiger partial charge >= 0.3 is 0 Å². The molecule has 0 spiro atoms. The fourth-order valence-electron chi connectivity index (χ4n) is 2.90. The highest BCUT2D eigenvalue weighted by molar-refractivity contribution is 14.0. The molecule has 0 aromatic carbocycles. The summed E-state index contributed by atoms with van der Waals surface area (Å²) in [5.74, 6) is 1.63. The second-order valence-electron chi connectivity index (χ2n) is 5.98. The Morgan fingerprint density at radius 3 is 2.87 bits per heavy atom. The van der Waals surface area contributed by atoms with Crippen molar-refractivity contribution in [3.05, 3.63) is 18.0 Å². The number of nitrogens with one attached hydrogen (secondary N) is 2. The minimum absolute atomic E-state index is 0. The highest BCUT2D eigenvalue weighted by Gasteiger charge is 2.21. The van der Waals surface area contributed by atoms with Gasteiger partial charge in [-0.25, -0.2) is 4.99 Å². The van der Waals surface area contributed by atoms with Gasteiger partial charge in [0.15, 0.2) is 5.96 Å². The normalized spacial score (nSPS) is 18.7. The first-order valence-corrected chi connectivity index (χ1v) is 8.44. The number of hydrogen-bond donors (Lipinski definition) is 2. The lowest BCUT2D eigenvalue weighted by Gasteiger charge is -2.17. The van der Waals surface area contributed by atoms with Gasteiger partial charge in [-0.05, 0) is 44.8 Å². The van der Waals surface area contributed by atoms with Crippen LogP contribution in [0.15, 0.2) is 17.3 Å². The maximum Gasteiger partial charge on any atom is 0.191 e. The van der Waals surface area contributed by atoms with Gasteiger partial charge in [0.2, 0.25) is 0 Å². The molecule has 1 saturated heterocycles. The second-order valence-corrected chi connectivity index (χ2v) is 5.98. The number of aromatic nitrogens is 2. The minimum Gasteiger partial charge on any atom is -0.357 e. The Balaban J connectivity index is 0.00000264. The summed E-state index contributed by atoms with van der Waals surface area (Å²) in [5, 5.41) is 11.0. The van der Waals surface area contributed by atoms with Crippen LogP contribution in [0.1, 0.15) is 32.4 Å². The summed E-state index contributed by atoms with van der Waals surface area (Å²) in [6.45, 7) is 10.6. The van der Waals surface area contributed by atoms with Crippen molar-refractivity contribution in [3.63, 3.8) is 0 Å². The molecule has 1 fully saturated rings. The number of aryl methyl sites for hydroxylation is 1. The fraction of sp³-hybridized carbons (Fsp3) is 0.750. The van der Waals surface area contributed by atoms with E-state index in [9.17, 15) is 0 Å². The van der Waals surface area contributed by atoms with Gasteiger partial charge in [-0.2, -0.15) is 5.10 Å². The van der Waals surface area contributed by atoms with Crippen molar-refractivity contribution in [2.45, 2.75) is 33.2 Å². The van der Waals surface area contributed by atoms with E-state index in [2.05, 4.69) is 39.5 Å². The fourth-order valence-corrected chi connectivity index (χ4v) is 2.90. The van der Waals surface area contributed by atoms with Gasteiger partial charge in [-0.15, -0.1) is 24.0 Å². The molecule has 0 aliphatic carbocycles. The van der Waals surface area contributed by atoms with E-state index in [0.717, 1.165) is 30.7 Å². The van der Waals surface area contributed by atoms with E-state index >= 15 is 0 Å². The van der Waals surface area contributed by atoms with Gasteiger partial charge in [-0.3, -0.25) is 4.68 Å². The summed E-state index contributed by atoms with van der Waals surface area (Å²) in [7, 11) is 1.95. The molecule has 2 heterocycles. The van der Waals surface area contributed by atoms with E-state index in [-0.39, 0.29) is 24.0 Å². The minimum atomic E-state index is 0. The Morgan fingerprint density at radius 1 is 1.39 bits per heavy atom. The van der Waals surface area contributed by atoms with Crippen molar-refractivity contribution in [2.24, 2.45) is 18.0 Å². The summed E-state index contributed by atoms with van der Waals surface area (Å²) in [6.07, 6.45) is 4.34. The number of hydrogen-bond acceptors (Lipinski definition) is 3. The highest BCUT2D eigenvalue weighted by atomic mass is 127. The predicted molar refractivity (Wildman–Crippen MR) is 106 cm³/mol. The molecule has 0 saturated carbocycles. The second kappa shape index (κ2) is 10.9. The first-order chi connectivity index (χ1) is 10.7. The first-order valence-electron chi connectivity index (χ1n) is 8.44. The Labute approximate surface area is 157 Å². The van der Waals surface area contributed by atoms with E-state index in [1.165, 1.54) is 32.5 Å². The number of aliphatic imine (C=N–C) groups is 1. The van der Waals surface area contributed by atoms with Gasteiger partial charge in [0.05, 0.1) is 12.2 Å². The van der Waals surface area contributed by atoms with Gasteiger partial charge < -0.3 is 15.5 Å². The zero-order valence-electron chi connectivity index (χ0n) is 14.6. The third-order valence-electron chi connectivity index (χ3n) is 4.13. The largest absolute Gasteiger partial charge is 0.357 e. The highest BCUT2D eigenvalue weighted by Crippen LogP contribution is 2.15. The predicted octanol–water partition coefficient (Wildman–Crippen LogP) is 1.83. The third kappa shape index (κ3) is 6.66. The van der Waals surface area contributed by atoms with E-state index in [1.54, 1.807) is 0 Å². The molecule has 1 unspecified atom stereocenters. The molecule has 0 bridgehead atoms. The molecule has 7 heteroatoms. The van der Waals surface area contributed by atoms with Gasteiger partial charge in [0.25, 0.3) is 0 Å². The molecule has 6 nitrogen and oxygen atoms in total. The van der Waals surface area contributed by atoms with Crippen LogP contribution in [0.3, 0.4) is 0 Å². The van der Waals surface area contributed by atoms with Crippen LogP contribution in [0.25, 0.3) is 0 Å². The van der Waals surface area contributed by atoms with Crippen molar-refractivity contribution in [1.82, 2.24) is 25.3 Å². The molecule has 2 rings (SSSR count). The van der Waals surface area contributed by atoms with E-state index in [1.807, 2.05) is 24.0 Å². The maximum absolute atomic E-state index is 4.65. The van der Waals surface area contributed by atoms with Crippen LogP contribution >= 0.6 is 24.0 Å². The third-order valence-corrected chi connectivity index (χ3v) is 4.13. The Hall–Kier alpha value is -0.830. The van der Waals surface area contributed by atoms with Gasteiger partial charge in [0, 0.05) is 32.9 Å². The number of likely N-dealkylation sites (tertiary alicyclic amines) is 1. The molecule has 1 aromatic heterocycles. The molecule has 1 aliphatic heterocycles. The summed E-state index contributed by atoms with van der Waals surface area (Å²) >= 11 is 0. The Morgan fingerprint density at radius 2 is 2.22 bits per heavy atom. The number of rotatable bonds is 7. The molecule has 2 N–H and O–H groups in total. The summed E-state index contributed by atoms with van der Waals surface area (Å²) in [5.41, 5.74) is 1.12. The van der Waals surface area contributed by atoms with Crippen LogP contribution in [-0.4, -0.2) is 53.4 Å². The van der Waals surface area contributed by atoms with Crippen molar-refractivity contribution < 1.29 is 0 Å². The van der Waals surface area contributed by atoms with E-state index in [0.29, 0.717) is 6.54 Å². The van der Waals surface area contributed by atoms with Crippen LogP contribution < -0.4 is 10.6 Å². The zero-order chi connectivity index (χ0) is 15.8. The summed E-state index contributed by atoms with van der Waals surface area (Å²) < 4.78 is 1.87. The summed E-state index contributed by atoms with van der Waals surface area (Å²) in [4.78, 5) is 7.21. The maximum atomic E-state index is 4.65. The van der Waals surface area contributed by atoms with Crippen LogP contribution in [0.4, 0.5) is 0 Å². The average molecular weight is 434 g/mol. The number of nitrogens with zero attached hydrogens (tertiary/aromatic N) is 4.